The Bertz CT molecular complexity index is 51.0. The van der Waals surface area contributed by atoms with Crippen molar-refractivity contribution in [1.29, 1.82) is 0 Å². The number of hydrogen-bond acceptors (Lipinski definition) is 2. The Hall–Kier alpha value is 1.92. The molecular formula is C8H18Na2O2. The van der Waals surface area contributed by atoms with Crippen molar-refractivity contribution in [2.45, 2.75) is 52.7 Å². The normalized spacial score (nSPS) is 12.5. The minimum atomic E-state index is -0.366. The predicted octanol–water partition coefficient (Wildman–Crippen LogP) is -5.70. The van der Waals surface area contributed by atoms with E-state index in [2.05, 4.69) is 0 Å². The van der Waals surface area contributed by atoms with E-state index in [9.17, 15) is 10.2 Å². The average Bonchev–Trinajstić information content (AvgIpc) is 1.89. The van der Waals surface area contributed by atoms with E-state index in [1.54, 1.807) is 13.8 Å². The van der Waals surface area contributed by atoms with Crippen LogP contribution in [0.1, 0.15) is 40.5 Å². The minimum Gasteiger partial charge on any atom is -0.852 e. The Morgan fingerprint density at radius 1 is 0.833 bits per heavy atom. The SMILES string of the molecule is CCC(C)[O-].CCC(C)[O-].[Na+].[Na+]. The smallest absolute Gasteiger partial charge is 0.852 e. The molecule has 0 heterocycles. The Morgan fingerprint density at radius 2 is 0.917 bits per heavy atom. The van der Waals surface area contributed by atoms with Crippen molar-refractivity contribution in [3.63, 3.8) is 0 Å². The average molecular weight is 192 g/mol. The molecular weight excluding hydrogens is 174 g/mol. The first-order valence-corrected chi connectivity index (χ1v) is 3.86. The summed E-state index contributed by atoms with van der Waals surface area (Å²) in [6, 6.07) is 0. The van der Waals surface area contributed by atoms with Crippen molar-refractivity contribution in [3.8, 4) is 0 Å². The maximum atomic E-state index is 9.90. The van der Waals surface area contributed by atoms with Crippen LogP contribution in [0.3, 0.4) is 0 Å². The molecule has 2 atom stereocenters. The topological polar surface area (TPSA) is 46.1 Å². The molecule has 12 heavy (non-hydrogen) atoms. The maximum absolute atomic E-state index is 9.90. The van der Waals surface area contributed by atoms with Gasteiger partial charge in [-0.1, -0.05) is 40.5 Å². The van der Waals surface area contributed by atoms with Gasteiger partial charge < -0.3 is 10.2 Å². The van der Waals surface area contributed by atoms with Gasteiger partial charge in [-0.2, -0.15) is 0 Å². The molecule has 0 amide bonds. The predicted molar refractivity (Wildman–Crippen MR) is 39.5 cm³/mol. The Morgan fingerprint density at radius 3 is 0.917 bits per heavy atom. The minimum absolute atomic E-state index is 0. The van der Waals surface area contributed by atoms with Crippen molar-refractivity contribution in [2.75, 3.05) is 0 Å². The maximum Gasteiger partial charge on any atom is 1.00 e. The molecule has 0 radical (unpaired) electrons. The summed E-state index contributed by atoms with van der Waals surface area (Å²) in [6.45, 7) is 7.11. The summed E-state index contributed by atoms with van der Waals surface area (Å²) in [5.41, 5.74) is 0. The summed E-state index contributed by atoms with van der Waals surface area (Å²) in [4.78, 5) is 0. The van der Waals surface area contributed by atoms with Crippen LogP contribution in [-0.4, -0.2) is 12.2 Å². The molecule has 0 spiro atoms. The van der Waals surface area contributed by atoms with Gasteiger partial charge in [-0.3, -0.25) is 0 Å². The fourth-order valence-electron chi connectivity index (χ4n) is 0. The monoisotopic (exact) mass is 192 g/mol. The van der Waals surface area contributed by atoms with E-state index in [1.807, 2.05) is 13.8 Å². The molecule has 0 aliphatic carbocycles. The van der Waals surface area contributed by atoms with Gasteiger partial charge in [-0.25, -0.2) is 0 Å². The van der Waals surface area contributed by atoms with E-state index in [1.165, 1.54) is 0 Å². The van der Waals surface area contributed by atoms with Gasteiger partial charge >= 0.3 is 59.1 Å². The van der Waals surface area contributed by atoms with Crippen molar-refractivity contribution < 1.29 is 69.3 Å². The molecule has 0 rings (SSSR count). The standard InChI is InChI=1S/2C4H9O.2Na/c2*1-3-4(2)5;;/h2*4H,3H2,1-2H3;;/q2*-1;2*+1. The third-order valence-corrected chi connectivity index (χ3v) is 1.15. The van der Waals surface area contributed by atoms with Gasteiger partial charge in [0, 0.05) is 0 Å². The zero-order chi connectivity index (χ0) is 8.57. The van der Waals surface area contributed by atoms with Crippen LogP contribution in [0.15, 0.2) is 0 Å². The van der Waals surface area contributed by atoms with Crippen LogP contribution < -0.4 is 69.3 Å². The molecule has 2 unspecified atom stereocenters. The number of rotatable bonds is 2. The van der Waals surface area contributed by atoms with Crippen LogP contribution in [0, 0.1) is 0 Å². The summed E-state index contributed by atoms with van der Waals surface area (Å²) in [5.74, 6) is 0. The van der Waals surface area contributed by atoms with E-state index in [0.29, 0.717) is 0 Å². The van der Waals surface area contributed by atoms with Crippen LogP contribution in [0.5, 0.6) is 0 Å². The Balaban J connectivity index is -0.0000000457. The third kappa shape index (κ3) is 40.6. The molecule has 2 nitrogen and oxygen atoms in total. The summed E-state index contributed by atoms with van der Waals surface area (Å²) in [6.07, 6.45) is 0.769. The first-order valence-electron chi connectivity index (χ1n) is 3.86. The molecule has 0 aromatic carbocycles. The van der Waals surface area contributed by atoms with Crippen molar-refractivity contribution in [1.82, 2.24) is 0 Å². The third-order valence-electron chi connectivity index (χ3n) is 1.15. The zero-order valence-electron chi connectivity index (χ0n) is 9.39. The van der Waals surface area contributed by atoms with Crippen LogP contribution in [0.4, 0.5) is 0 Å². The molecule has 0 fully saturated rings. The molecule has 0 N–H and O–H groups in total. The van der Waals surface area contributed by atoms with Gasteiger partial charge in [0.05, 0.1) is 0 Å². The summed E-state index contributed by atoms with van der Waals surface area (Å²) in [5, 5.41) is 19.8. The van der Waals surface area contributed by atoms with Crippen molar-refractivity contribution in [2.24, 2.45) is 0 Å². The second-order valence-electron chi connectivity index (χ2n) is 2.44. The Kier molecular flexibility index (Phi) is 36.7. The van der Waals surface area contributed by atoms with Crippen LogP contribution in [0.2, 0.25) is 0 Å². The van der Waals surface area contributed by atoms with Crippen LogP contribution in [-0.2, 0) is 0 Å². The van der Waals surface area contributed by atoms with Crippen molar-refractivity contribution >= 4 is 0 Å². The van der Waals surface area contributed by atoms with Crippen molar-refractivity contribution in [3.05, 3.63) is 0 Å². The molecule has 0 aromatic heterocycles. The molecule has 0 saturated heterocycles. The molecule has 0 aliphatic heterocycles. The van der Waals surface area contributed by atoms with Crippen LogP contribution in [0.25, 0.3) is 0 Å². The molecule has 0 saturated carbocycles. The molecule has 0 aliphatic rings. The first-order chi connectivity index (χ1) is 4.54. The van der Waals surface area contributed by atoms with E-state index in [-0.39, 0.29) is 71.3 Å². The molecule has 0 aromatic rings. The van der Waals surface area contributed by atoms with Gasteiger partial charge in [0.25, 0.3) is 0 Å². The van der Waals surface area contributed by atoms with Gasteiger partial charge in [0.1, 0.15) is 0 Å². The van der Waals surface area contributed by atoms with Gasteiger partial charge in [-0.05, 0) is 0 Å². The molecule has 4 heteroatoms. The van der Waals surface area contributed by atoms with Gasteiger partial charge in [0.2, 0.25) is 0 Å². The van der Waals surface area contributed by atoms with Gasteiger partial charge in [0.15, 0.2) is 0 Å². The second kappa shape index (κ2) is 18.7. The number of hydrogen-bond donors (Lipinski definition) is 0. The summed E-state index contributed by atoms with van der Waals surface area (Å²) >= 11 is 0. The fraction of sp³-hybridized carbons (Fsp3) is 1.00. The van der Waals surface area contributed by atoms with Crippen LogP contribution >= 0.6 is 0 Å². The van der Waals surface area contributed by atoms with E-state index < -0.39 is 0 Å². The quantitative estimate of drug-likeness (QED) is 0.409. The first kappa shape index (κ1) is 23.6. The van der Waals surface area contributed by atoms with Gasteiger partial charge in [-0.15, -0.1) is 12.2 Å². The van der Waals surface area contributed by atoms with E-state index in [0.717, 1.165) is 12.8 Å². The zero-order valence-corrected chi connectivity index (χ0v) is 13.4. The van der Waals surface area contributed by atoms with E-state index in [4.69, 9.17) is 0 Å². The second-order valence-corrected chi connectivity index (χ2v) is 2.44. The van der Waals surface area contributed by atoms with E-state index >= 15 is 0 Å². The molecule has 0 bridgehead atoms. The summed E-state index contributed by atoms with van der Waals surface area (Å²) in [7, 11) is 0. The fourth-order valence-corrected chi connectivity index (χ4v) is 0. The Labute approximate surface area is 121 Å². The molecule has 64 valence electrons. The summed E-state index contributed by atoms with van der Waals surface area (Å²) < 4.78 is 0. The largest absolute Gasteiger partial charge is 1.00 e.